The molecule has 1 unspecified atom stereocenters. The van der Waals surface area contributed by atoms with Gasteiger partial charge in [0.25, 0.3) is 11.8 Å². The van der Waals surface area contributed by atoms with E-state index in [0.29, 0.717) is 38.5 Å². The van der Waals surface area contributed by atoms with Gasteiger partial charge in [0.05, 0.1) is 24.3 Å². The summed E-state index contributed by atoms with van der Waals surface area (Å²) in [6.07, 6.45) is -5.54. The van der Waals surface area contributed by atoms with Gasteiger partial charge in [0, 0.05) is 51.4 Å². The topological polar surface area (TPSA) is 182 Å². The average Bonchev–Trinajstić information content (AvgIpc) is 4.06. The van der Waals surface area contributed by atoms with Crippen molar-refractivity contribution in [1.29, 1.82) is 0 Å². The van der Waals surface area contributed by atoms with Crippen molar-refractivity contribution in [1.82, 2.24) is 40.9 Å². The maximum absolute atomic E-state index is 14.2. The Kier molecular flexibility index (Phi) is 24.4. The highest BCUT2D eigenvalue weighted by molar-refractivity contribution is 5.91. The molecule has 2 aromatic carbocycles. The number of halogens is 4. The number of likely N-dealkylation sites (tertiary alicyclic amines) is 2. The normalized spacial score (nSPS) is 17.9. The van der Waals surface area contributed by atoms with E-state index in [9.17, 15) is 46.3 Å². The SMILES string of the molecule is CN[C@@H](C)C(=O)N[C@H](C(=O)N1CCC[C@H]1CN(CCc1ccccc1)C(=O)C(F)F)C(C)OCC#CC#CCO[C@H](C)[C@H](NC(=O)[C@H](C)NC)C(=O)N1CCC[C@H]1CN(CCc1ccccc1)C(=O)C(F)F. The number of benzene rings is 2. The van der Waals surface area contributed by atoms with Crippen molar-refractivity contribution < 1.29 is 55.8 Å². The lowest BCUT2D eigenvalue weighted by Gasteiger charge is -2.34. The molecule has 20 heteroatoms. The van der Waals surface area contributed by atoms with Gasteiger partial charge in [-0.15, -0.1) is 0 Å². The van der Waals surface area contributed by atoms with Crippen molar-refractivity contribution in [3.8, 4) is 23.7 Å². The molecule has 0 aliphatic carbocycles. The summed E-state index contributed by atoms with van der Waals surface area (Å²) in [5.74, 6) is 6.20. The van der Waals surface area contributed by atoms with E-state index in [4.69, 9.17) is 9.47 Å². The third-order valence-corrected chi connectivity index (χ3v) is 13.0. The number of likely N-dealkylation sites (N-methyl/N-ethyl adjacent to an activating group) is 2. The molecule has 2 aromatic rings. The lowest BCUT2D eigenvalue weighted by atomic mass is 10.1. The second-order valence-electron chi connectivity index (χ2n) is 17.9. The summed E-state index contributed by atoms with van der Waals surface area (Å²) in [6.45, 7) is 6.41. The lowest BCUT2D eigenvalue weighted by Crippen LogP contribution is -2.59. The van der Waals surface area contributed by atoms with Gasteiger partial charge in [-0.2, -0.15) is 17.6 Å². The molecule has 394 valence electrons. The minimum Gasteiger partial charge on any atom is -0.363 e. The van der Waals surface area contributed by atoms with Gasteiger partial charge in [0.15, 0.2) is 0 Å². The van der Waals surface area contributed by atoms with Crippen LogP contribution in [-0.4, -0.2) is 183 Å². The molecule has 0 radical (unpaired) electrons. The van der Waals surface area contributed by atoms with Crippen molar-refractivity contribution in [2.24, 2.45) is 0 Å². The number of nitrogens with zero attached hydrogens (tertiary/aromatic N) is 4. The third-order valence-electron chi connectivity index (χ3n) is 13.0. The Hall–Kier alpha value is -6.06. The zero-order chi connectivity index (χ0) is 52.7. The predicted octanol–water partition coefficient (Wildman–Crippen LogP) is 2.64. The molecule has 2 heterocycles. The first-order valence-corrected chi connectivity index (χ1v) is 24.4. The monoisotopic (exact) mass is 1010 g/mol. The molecular formula is C52H70F4N8O8. The van der Waals surface area contributed by atoms with E-state index in [1.54, 1.807) is 41.8 Å². The van der Waals surface area contributed by atoms with Crippen molar-refractivity contribution >= 4 is 35.4 Å². The van der Waals surface area contributed by atoms with E-state index in [1.807, 2.05) is 60.7 Å². The Morgan fingerprint density at radius 2 is 0.972 bits per heavy atom. The first-order chi connectivity index (χ1) is 34.5. The number of nitrogens with one attached hydrogen (secondary N) is 4. The molecule has 72 heavy (non-hydrogen) atoms. The van der Waals surface area contributed by atoms with E-state index >= 15 is 0 Å². The highest BCUT2D eigenvalue weighted by atomic mass is 19.3. The fourth-order valence-corrected chi connectivity index (χ4v) is 8.45. The summed E-state index contributed by atoms with van der Waals surface area (Å²) in [7, 11) is 3.18. The molecule has 16 nitrogen and oxygen atoms in total. The first-order valence-electron chi connectivity index (χ1n) is 24.4. The summed E-state index contributed by atoms with van der Waals surface area (Å²) in [6, 6.07) is 13.4. The van der Waals surface area contributed by atoms with Crippen molar-refractivity contribution in [2.75, 3.05) is 66.6 Å². The fraction of sp³-hybridized carbons (Fsp3) is 0.577. The van der Waals surface area contributed by atoms with Gasteiger partial charge in [-0.05, 0) is 103 Å². The van der Waals surface area contributed by atoms with Crippen molar-refractivity contribution in [3.05, 3.63) is 71.8 Å². The van der Waals surface area contributed by atoms with Gasteiger partial charge in [0.1, 0.15) is 25.3 Å². The van der Waals surface area contributed by atoms with Crippen LogP contribution in [0.1, 0.15) is 64.5 Å². The number of hydrogen-bond acceptors (Lipinski definition) is 10. The molecule has 2 saturated heterocycles. The molecule has 0 spiro atoms. The second kappa shape index (κ2) is 30.1. The van der Waals surface area contributed by atoms with E-state index in [1.165, 1.54) is 9.80 Å². The molecule has 0 aromatic heterocycles. The first kappa shape index (κ1) is 58.5. The second-order valence-corrected chi connectivity index (χ2v) is 17.9. The number of alkyl halides is 4. The average molecular weight is 1010 g/mol. The zero-order valence-electron chi connectivity index (χ0n) is 42.0. The Balaban J connectivity index is 1.39. The summed E-state index contributed by atoms with van der Waals surface area (Å²) in [5, 5.41) is 11.2. The van der Waals surface area contributed by atoms with Gasteiger partial charge < -0.3 is 50.3 Å². The van der Waals surface area contributed by atoms with Crippen LogP contribution in [0.15, 0.2) is 60.7 Å². The molecule has 0 saturated carbocycles. The Morgan fingerprint density at radius 1 is 0.611 bits per heavy atom. The third kappa shape index (κ3) is 17.9. The van der Waals surface area contributed by atoms with Crippen LogP contribution in [0.3, 0.4) is 0 Å². The number of amides is 6. The van der Waals surface area contributed by atoms with Gasteiger partial charge in [0.2, 0.25) is 23.6 Å². The van der Waals surface area contributed by atoms with Crippen molar-refractivity contribution in [3.63, 3.8) is 0 Å². The molecule has 2 fully saturated rings. The summed E-state index contributed by atoms with van der Waals surface area (Å²) < 4.78 is 66.9. The molecular weight excluding hydrogens is 941 g/mol. The molecule has 4 rings (SSSR count). The summed E-state index contributed by atoms with van der Waals surface area (Å²) >= 11 is 0. The van der Waals surface area contributed by atoms with Crippen LogP contribution in [0.2, 0.25) is 0 Å². The highest BCUT2D eigenvalue weighted by Gasteiger charge is 2.41. The number of carbonyl (C=O) groups is 6. The van der Waals surface area contributed by atoms with Crippen LogP contribution < -0.4 is 21.3 Å². The van der Waals surface area contributed by atoms with Crippen LogP contribution in [-0.2, 0) is 51.1 Å². The predicted molar refractivity (Wildman–Crippen MR) is 262 cm³/mol. The zero-order valence-corrected chi connectivity index (χ0v) is 42.0. The van der Waals surface area contributed by atoms with Gasteiger partial charge in [-0.1, -0.05) is 72.5 Å². The molecule has 8 atom stereocenters. The van der Waals surface area contributed by atoms with Crippen LogP contribution >= 0.6 is 0 Å². The van der Waals surface area contributed by atoms with Crippen LogP contribution in [0, 0.1) is 23.7 Å². The number of hydrogen-bond donors (Lipinski definition) is 4. The number of ether oxygens (including phenoxy) is 2. The van der Waals surface area contributed by atoms with Crippen LogP contribution in [0.5, 0.6) is 0 Å². The maximum Gasteiger partial charge on any atom is 0.315 e. The minimum atomic E-state index is -3.22. The van der Waals surface area contributed by atoms with E-state index in [0.717, 1.165) is 20.9 Å². The fourth-order valence-electron chi connectivity index (χ4n) is 8.45. The molecule has 2 aliphatic rings. The molecule has 0 bridgehead atoms. The smallest absolute Gasteiger partial charge is 0.315 e. The standard InChI is InChI=1S/C52H70F4N8O8/c1-35(57-5)47(65)59-43(49(67)63-27-17-23-41(63)33-61(51(69)45(53)54)29-25-39-19-11-9-12-20-39)37(3)71-31-15-7-8-16-32-72-38(4)44(60-48(66)36(2)58-6)50(68)64-28-18-24-42(64)34-62(52(70)46(55)56)30-26-40-21-13-10-14-22-40/h9-14,19-22,35-38,41-46,57-58H,17-18,23-34H2,1-6H3,(H,59,65)(H,60,66)/t35-,36-,37+,38?,41-,42-,43-,44-/m0/s1. The van der Waals surface area contributed by atoms with Crippen molar-refractivity contribution in [2.45, 2.75) is 128 Å². The van der Waals surface area contributed by atoms with E-state index in [-0.39, 0.29) is 52.5 Å². The maximum atomic E-state index is 14.2. The van der Waals surface area contributed by atoms with Gasteiger partial charge >= 0.3 is 12.9 Å². The largest absolute Gasteiger partial charge is 0.363 e. The van der Waals surface area contributed by atoms with E-state index < -0.39 is 96.8 Å². The minimum absolute atomic E-state index is 0.0287. The Bertz CT molecular complexity index is 2050. The molecule has 4 N–H and O–H groups in total. The summed E-state index contributed by atoms with van der Waals surface area (Å²) in [5.41, 5.74) is 1.74. The lowest BCUT2D eigenvalue weighted by molar-refractivity contribution is -0.146. The van der Waals surface area contributed by atoms with Gasteiger partial charge in [-0.3, -0.25) is 28.8 Å². The Morgan fingerprint density at radius 3 is 1.31 bits per heavy atom. The molecule has 6 amide bonds. The quantitative estimate of drug-likeness (QED) is 0.0809. The van der Waals surface area contributed by atoms with Gasteiger partial charge in [-0.25, -0.2) is 0 Å². The summed E-state index contributed by atoms with van der Waals surface area (Å²) in [4.78, 5) is 85.2. The Labute approximate surface area is 420 Å². The highest BCUT2D eigenvalue weighted by Crippen LogP contribution is 2.24. The van der Waals surface area contributed by atoms with Crippen LogP contribution in [0.4, 0.5) is 17.6 Å². The number of rotatable bonds is 26. The number of carbonyl (C=O) groups excluding carboxylic acids is 6. The molecule has 2 aliphatic heterocycles. The van der Waals surface area contributed by atoms with E-state index in [2.05, 4.69) is 44.9 Å². The van der Waals surface area contributed by atoms with Crippen LogP contribution in [0.25, 0.3) is 0 Å².